The van der Waals surface area contributed by atoms with Crippen LogP contribution < -0.4 is 15.8 Å². The van der Waals surface area contributed by atoms with Crippen molar-refractivity contribution in [2.75, 3.05) is 11.1 Å². The second-order valence-corrected chi connectivity index (χ2v) is 8.66. The van der Waals surface area contributed by atoms with Crippen molar-refractivity contribution in [3.63, 3.8) is 0 Å². The Hall–Kier alpha value is -3.73. The molecule has 3 aromatic heterocycles. The maximum Gasteiger partial charge on any atom is 0.387 e. The Bertz CT molecular complexity index is 1380. The topological polar surface area (TPSA) is 112 Å². The minimum absolute atomic E-state index is 0.00226. The number of carbonyl (C=O) groups is 1. The minimum atomic E-state index is -3.04. The smallest absolute Gasteiger partial charge is 0.387 e. The van der Waals surface area contributed by atoms with Crippen molar-refractivity contribution in [1.29, 1.82) is 0 Å². The molecule has 1 fully saturated rings. The number of carbonyl (C=O) groups excluding carboxylic acids is 1. The summed E-state index contributed by atoms with van der Waals surface area (Å²) in [4.78, 5) is 17.4. The Balaban J connectivity index is 1.58. The van der Waals surface area contributed by atoms with Gasteiger partial charge in [0.1, 0.15) is 17.0 Å². The molecule has 1 aliphatic carbocycles. The maximum absolute atomic E-state index is 13.2. The highest BCUT2D eigenvalue weighted by atomic mass is 35.5. The van der Waals surface area contributed by atoms with Gasteiger partial charge < -0.3 is 15.8 Å². The van der Waals surface area contributed by atoms with E-state index in [9.17, 15) is 13.6 Å². The van der Waals surface area contributed by atoms with Gasteiger partial charge in [-0.1, -0.05) is 18.5 Å². The Morgan fingerprint density at radius 2 is 2.12 bits per heavy atom. The number of rotatable bonds is 6. The Kier molecular flexibility index (Phi) is 5.56. The van der Waals surface area contributed by atoms with E-state index in [1.165, 1.54) is 28.9 Å². The molecular formula is C22H20ClF2N7O2. The van der Waals surface area contributed by atoms with E-state index >= 15 is 0 Å². The van der Waals surface area contributed by atoms with Crippen molar-refractivity contribution < 1.29 is 18.3 Å². The molecule has 1 amide bonds. The van der Waals surface area contributed by atoms with Crippen molar-refractivity contribution in [2.24, 2.45) is 5.92 Å². The van der Waals surface area contributed by atoms with Gasteiger partial charge in [-0.15, -0.1) is 5.10 Å². The first-order valence-electron chi connectivity index (χ1n) is 10.5. The molecule has 3 heterocycles. The first-order chi connectivity index (χ1) is 16.3. The van der Waals surface area contributed by atoms with Crippen LogP contribution in [0.15, 0.2) is 42.9 Å². The molecule has 12 heteroatoms. The Morgan fingerprint density at radius 1 is 1.32 bits per heavy atom. The number of halogens is 3. The number of hydrogen-bond acceptors (Lipinski definition) is 6. The van der Waals surface area contributed by atoms with Crippen molar-refractivity contribution in [1.82, 2.24) is 24.4 Å². The van der Waals surface area contributed by atoms with Crippen LogP contribution in [0.5, 0.6) is 5.75 Å². The number of alkyl halides is 2. The van der Waals surface area contributed by atoms with Gasteiger partial charge in [-0.05, 0) is 43.0 Å². The van der Waals surface area contributed by atoms with E-state index in [0.29, 0.717) is 16.6 Å². The zero-order valence-corrected chi connectivity index (χ0v) is 18.7. The fourth-order valence-electron chi connectivity index (χ4n) is 4.14. The summed E-state index contributed by atoms with van der Waals surface area (Å²) in [5, 5.41) is 11.8. The molecule has 0 saturated heterocycles. The molecule has 0 radical (unpaired) electrons. The molecule has 0 aliphatic heterocycles. The SMILES string of the molecule is CC1CC(n2cc(NC(=O)c3c(N)nn4cccnc34)c(-c3cc(Cl)ccc3OC(F)F)n2)C1. The van der Waals surface area contributed by atoms with Crippen LogP contribution in [0, 0.1) is 5.92 Å². The van der Waals surface area contributed by atoms with Crippen molar-refractivity contribution in [3.8, 4) is 17.0 Å². The second-order valence-electron chi connectivity index (χ2n) is 8.22. The van der Waals surface area contributed by atoms with Gasteiger partial charge in [0.05, 0.1) is 11.7 Å². The van der Waals surface area contributed by atoms with Crippen LogP contribution in [0.2, 0.25) is 5.02 Å². The van der Waals surface area contributed by atoms with E-state index < -0.39 is 12.5 Å². The molecule has 34 heavy (non-hydrogen) atoms. The van der Waals surface area contributed by atoms with Gasteiger partial charge in [0.15, 0.2) is 11.5 Å². The van der Waals surface area contributed by atoms with E-state index in [0.717, 1.165) is 12.8 Å². The molecule has 3 N–H and O–H groups in total. The molecule has 1 saturated carbocycles. The molecule has 0 unspecified atom stereocenters. The lowest BCUT2D eigenvalue weighted by molar-refractivity contribution is -0.0494. The number of nitrogens with one attached hydrogen (secondary N) is 1. The fraction of sp³-hybridized carbons (Fsp3) is 0.273. The van der Waals surface area contributed by atoms with Crippen LogP contribution >= 0.6 is 11.6 Å². The number of amides is 1. The summed E-state index contributed by atoms with van der Waals surface area (Å²) in [7, 11) is 0. The number of fused-ring (bicyclic) bond motifs is 1. The average molecular weight is 488 g/mol. The summed E-state index contributed by atoms with van der Waals surface area (Å²) in [6.45, 7) is -0.909. The normalized spacial score (nSPS) is 17.7. The summed E-state index contributed by atoms with van der Waals surface area (Å²) in [5.74, 6) is -0.127. The number of nitrogens with two attached hydrogens (primary N) is 1. The number of benzene rings is 1. The Labute approximate surface area is 197 Å². The van der Waals surface area contributed by atoms with E-state index in [1.54, 1.807) is 23.1 Å². The fourth-order valence-corrected chi connectivity index (χ4v) is 4.31. The highest BCUT2D eigenvalue weighted by molar-refractivity contribution is 6.31. The van der Waals surface area contributed by atoms with Crippen LogP contribution in [0.3, 0.4) is 0 Å². The number of hydrogen-bond donors (Lipinski definition) is 2. The zero-order valence-electron chi connectivity index (χ0n) is 18.0. The second kappa shape index (κ2) is 8.56. The van der Waals surface area contributed by atoms with Crippen molar-refractivity contribution in [3.05, 3.63) is 53.4 Å². The summed E-state index contributed by atoms with van der Waals surface area (Å²) in [5.41, 5.74) is 7.11. The van der Waals surface area contributed by atoms with E-state index in [4.69, 9.17) is 22.1 Å². The lowest BCUT2D eigenvalue weighted by atomic mass is 9.82. The van der Waals surface area contributed by atoms with Gasteiger partial charge in [-0.3, -0.25) is 9.48 Å². The molecule has 0 spiro atoms. The lowest BCUT2D eigenvalue weighted by Crippen LogP contribution is -2.25. The minimum Gasteiger partial charge on any atom is -0.434 e. The molecule has 176 valence electrons. The third-order valence-corrected chi connectivity index (χ3v) is 6.00. The summed E-state index contributed by atoms with van der Waals surface area (Å²) < 4.78 is 34.0. The zero-order chi connectivity index (χ0) is 24.0. The standard InChI is InChI=1S/C22H20ClF2N7O2/c1-11-7-13(8-11)32-10-15(18(29-32)14-9-12(23)3-4-16(14)34-22(24)25)28-21(33)17-19(26)30-31-6-2-5-27-20(17)31/h2-6,9-11,13,22H,7-8H2,1H3,(H2,26,30)(H,28,33). The molecule has 1 aromatic carbocycles. The molecule has 0 atom stereocenters. The van der Waals surface area contributed by atoms with Crippen LogP contribution in [0.1, 0.15) is 36.2 Å². The maximum atomic E-state index is 13.2. The van der Waals surface area contributed by atoms with Gasteiger partial charge in [-0.2, -0.15) is 13.9 Å². The quantitative estimate of drug-likeness (QED) is 0.409. The summed E-state index contributed by atoms with van der Waals surface area (Å²) >= 11 is 6.15. The van der Waals surface area contributed by atoms with Crippen molar-refractivity contribution in [2.45, 2.75) is 32.4 Å². The van der Waals surface area contributed by atoms with Crippen LogP contribution in [-0.2, 0) is 0 Å². The first kappa shape index (κ1) is 22.1. The number of anilines is 2. The van der Waals surface area contributed by atoms with Crippen LogP contribution in [0.25, 0.3) is 16.9 Å². The van der Waals surface area contributed by atoms with E-state index in [2.05, 4.69) is 27.4 Å². The van der Waals surface area contributed by atoms with Gasteiger partial charge in [0, 0.05) is 29.2 Å². The predicted molar refractivity (Wildman–Crippen MR) is 122 cm³/mol. The van der Waals surface area contributed by atoms with Crippen LogP contribution in [0.4, 0.5) is 20.3 Å². The molecular weight excluding hydrogens is 468 g/mol. The molecule has 5 rings (SSSR count). The number of ether oxygens (including phenoxy) is 1. The van der Waals surface area contributed by atoms with Crippen LogP contribution in [-0.4, -0.2) is 36.9 Å². The van der Waals surface area contributed by atoms with E-state index in [1.807, 2.05) is 0 Å². The third kappa shape index (κ3) is 4.03. The summed E-state index contributed by atoms with van der Waals surface area (Å²) in [6.07, 6.45) is 6.64. The molecule has 4 aromatic rings. The highest BCUT2D eigenvalue weighted by Gasteiger charge is 2.30. The molecule has 0 bridgehead atoms. The van der Waals surface area contributed by atoms with Gasteiger partial charge >= 0.3 is 6.61 Å². The first-order valence-corrected chi connectivity index (χ1v) is 10.9. The highest BCUT2D eigenvalue weighted by Crippen LogP contribution is 2.41. The van der Waals surface area contributed by atoms with Gasteiger partial charge in [0.2, 0.25) is 0 Å². The number of nitrogen functional groups attached to an aromatic ring is 1. The summed E-state index contributed by atoms with van der Waals surface area (Å²) in [6, 6.07) is 6.04. The average Bonchev–Trinajstić information content (AvgIpc) is 3.32. The molecule has 9 nitrogen and oxygen atoms in total. The van der Waals surface area contributed by atoms with E-state index in [-0.39, 0.29) is 40.1 Å². The number of nitrogens with zero attached hydrogens (tertiary/aromatic N) is 5. The predicted octanol–water partition coefficient (Wildman–Crippen LogP) is 4.65. The van der Waals surface area contributed by atoms with Gasteiger partial charge in [0.25, 0.3) is 5.91 Å². The monoisotopic (exact) mass is 487 g/mol. The third-order valence-electron chi connectivity index (χ3n) is 5.77. The lowest BCUT2D eigenvalue weighted by Gasteiger charge is -2.32. The Morgan fingerprint density at radius 3 is 2.85 bits per heavy atom. The van der Waals surface area contributed by atoms with Crippen molar-refractivity contribution >= 4 is 34.7 Å². The molecule has 1 aliphatic rings. The largest absolute Gasteiger partial charge is 0.434 e. The number of aromatic nitrogens is 5. The van der Waals surface area contributed by atoms with Gasteiger partial charge in [-0.25, -0.2) is 9.50 Å².